The van der Waals surface area contributed by atoms with Crippen molar-refractivity contribution in [3.8, 4) is 0 Å². The highest BCUT2D eigenvalue weighted by Crippen LogP contribution is 2.13. The van der Waals surface area contributed by atoms with Crippen molar-refractivity contribution in [1.82, 2.24) is 5.32 Å². The molecule has 6 heteroatoms. The normalized spacial score (nSPS) is 12.0. The van der Waals surface area contributed by atoms with E-state index in [9.17, 15) is 9.59 Å². The molecule has 1 unspecified atom stereocenters. The van der Waals surface area contributed by atoms with Crippen molar-refractivity contribution >= 4 is 29.9 Å². The highest BCUT2D eigenvalue weighted by Gasteiger charge is 2.15. The third-order valence-corrected chi connectivity index (χ3v) is 2.72. The number of anilines is 1. The Balaban J connectivity index is 0.00000441. The molecule has 1 rings (SSSR count). The van der Waals surface area contributed by atoms with Crippen molar-refractivity contribution in [3.05, 3.63) is 29.8 Å². The first-order valence-electron chi connectivity index (χ1n) is 7.15. The molecule has 0 bridgehead atoms. The van der Waals surface area contributed by atoms with Crippen molar-refractivity contribution < 1.29 is 9.59 Å². The van der Waals surface area contributed by atoms with Crippen LogP contribution in [-0.2, 0) is 4.79 Å². The van der Waals surface area contributed by atoms with Gasteiger partial charge in [0.2, 0.25) is 5.91 Å². The zero-order valence-corrected chi connectivity index (χ0v) is 14.4. The predicted octanol–water partition coefficient (Wildman–Crippen LogP) is 2.70. The minimum absolute atomic E-state index is 0. The molecule has 124 valence electrons. The van der Waals surface area contributed by atoms with E-state index in [2.05, 4.69) is 10.6 Å². The summed E-state index contributed by atoms with van der Waals surface area (Å²) in [4.78, 5) is 23.8. The Bertz CT molecular complexity index is 510. The van der Waals surface area contributed by atoms with E-state index in [1.165, 1.54) is 0 Å². The third-order valence-electron chi connectivity index (χ3n) is 2.72. The van der Waals surface area contributed by atoms with E-state index in [-0.39, 0.29) is 35.8 Å². The van der Waals surface area contributed by atoms with Gasteiger partial charge in [0.25, 0.3) is 5.91 Å². The number of nitrogens with one attached hydrogen (secondary N) is 2. The van der Waals surface area contributed by atoms with Gasteiger partial charge in [-0.3, -0.25) is 9.59 Å². The fourth-order valence-electron chi connectivity index (χ4n) is 1.73. The Labute approximate surface area is 138 Å². The molecule has 0 saturated heterocycles. The molecule has 0 spiro atoms. The summed E-state index contributed by atoms with van der Waals surface area (Å²) in [6.45, 7) is 7.63. The van der Waals surface area contributed by atoms with E-state index in [1.807, 2.05) is 27.7 Å². The molecule has 1 atom stereocenters. The van der Waals surface area contributed by atoms with Crippen LogP contribution in [0.2, 0.25) is 0 Å². The van der Waals surface area contributed by atoms with E-state index in [4.69, 9.17) is 5.73 Å². The average molecular weight is 328 g/mol. The molecular weight excluding hydrogens is 302 g/mol. The monoisotopic (exact) mass is 327 g/mol. The number of nitrogens with two attached hydrogens (primary N) is 1. The van der Waals surface area contributed by atoms with Gasteiger partial charge in [-0.15, -0.1) is 12.4 Å². The van der Waals surface area contributed by atoms with Gasteiger partial charge in [-0.25, -0.2) is 0 Å². The number of amides is 2. The average Bonchev–Trinajstić information content (AvgIpc) is 2.34. The quantitative estimate of drug-likeness (QED) is 0.777. The first-order valence-corrected chi connectivity index (χ1v) is 7.15. The van der Waals surface area contributed by atoms with Crippen molar-refractivity contribution in [2.24, 2.45) is 5.73 Å². The van der Waals surface area contributed by atoms with E-state index in [0.29, 0.717) is 24.1 Å². The molecule has 2 amide bonds. The van der Waals surface area contributed by atoms with Crippen LogP contribution in [-0.4, -0.2) is 23.4 Å². The standard InChI is InChI=1S/C16H25N3O2.ClH/c1-11(17)8-9-14(20)18-13-7-5-6-12(10-13)15(21)19-16(2,3)4;/h5-7,10-11H,8-9,17H2,1-4H3,(H,18,20)(H,19,21);1H. The van der Waals surface area contributed by atoms with Gasteiger partial charge in [0, 0.05) is 29.3 Å². The van der Waals surface area contributed by atoms with Gasteiger partial charge < -0.3 is 16.4 Å². The Morgan fingerprint density at radius 1 is 1.27 bits per heavy atom. The molecular formula is C16H26ClN3O2. The van der Waals surface area contributed by atoms with Crippen LogP contribution in [0.5, 0.6) is 0 Å². The van der Waals surface area contributed by atoms with Gasteiger partial charge in [-0.2, -0.15) is 0 Å². The number of hydrogen-bond acceptors (Lipinski definition) is 3. The second-order valence-electron chi connectivity index (χ2n) is 6.35. The van der Waals surface area contributed by atoms with Crippen LogP contribution in [0.3, 0.4) is 0 Å². The van der Waals surface area contributed by atoms with Crippen molar-refractivity contribution in [2.45, 2.75) is 52.1 Å². The highest BCUT2D eigenvalue weighted by atomic mass is 35.5. The molecule has 0 aliphatic rings. The summed E-state index contributed by atoms with van der Waals surface area (Å²) >= 11 is 0. The number of hydrogen-bond donors (Lipinski definition) is 3. The summed E-state index contributed by atoms with van der Waals surface area (Å²) in [5.74, 6) is -0.255. The SMILES string of the molecule is CC(N)CCC(=O)Nc1cccc(C(=O)NC(C)(C)C)c1.Cl. The number of halogens is 1. The van der Waals surface area contributed by atoms with Crippen LogP contribution >= 0.6 is 12.4 Å². The maximum atomic E-state index is 12.1. The van der Waals surface area contributed by atoms with Crippen LogP contribution in [0, 0.1) is 0 Å². The van der Waals surface area contributed by atoms with Gasteiger partial charge in [-0.1, -0.05) is 6.07 Å². The van der Waals surface area contributed by atoms with Crippen LogP contribution < -0.4 is 16.4 Å². The summed E-state index contributed by atoms with van der Waals surface area (Å²) in [7, 11) is 0. The Hall–Kier alpha value is -1.59. The molecule has 22 heavy (non-hydrogen) atoms. The summed E-state index contributed by atoms with van der Waals surface area (Å²) in [6.07, 6.45) is 1.01. The molecule has 0 aliphatic carbocycles. The largest absolute Gasteiger partial charge is 0.347 e. The molecule has 0 fully saturated rings. The van der Waals surface area contributed by atoms with Crippen LogP contribution in [0.1, 0.15) is 50.9 Å². The fraction of sp³-hybridized carbons (Fsp3) is 0.500. The third kappa shape index (κ3) is 8.00. The van der Waals surface area contributed by atoms with E-state index in [0.717, 1.165) is 0 Å². The highest BCUT2D eigenvalue weighted by molar-refractivity contribution is 5.97. The molecule has 4 N–H and O–H groups in total. The maximum Gasteiger partial charge on any atom is 0.251 e. The second kappa shape index (κ2) is 8.76. The van der Waals surface area contributed by atoms with Gasteiger partial charge in [-0.05, 0) is 52.3 Å². The molecule has 0 aromatic heterocycles. The lowest BCUT2D eigenvalue weighted by atomic mass is 10.1. The molecule has 0 heterocycles. The van der Waals surface area contributed by atoms with Crippen molar-refractivity contribution in [1.29, 1.82) is 0 Å². The first-order chi connectivity index (χ1) is 9.67. The van der Waals surface area contributed by atoms with Crippen LogP contribution in [0.25, 0.3) is 0 Å². The Morgan fingerprint density at radius 3 is 2.45 bits per heavy atom. The Morgan fingerprint density at radius 2 is 1.91 bits per heavy atom. The summed E-state index contributed by atoms with van der Waals surface area (Å²) < 4.78 is 0. The topological polar surface area (TPSA) is 84.2 Å². The lowest BCUT2D eigenvalue weighted by Gasteiger charge is -2.20. The zero-order chi connectivity index (χ0) is 16.0. The number of carbonyl (C=O) groups excluding carboxylic acids is 2. The smallest absolute Gasteiger partial charge is 0.251 e. The number of carbonyl (C=O) groups is 2. The predicted molar refractivity (Wildman–Crippen MR) is 92.4 cm³/mol. The summed E-state index contributed by atoms with van der Waals surface area (Å²) in [6, 6.07) is 6.90. The molecule has 1 aromatic rings. The van der Waals surface area contributed by atoms with Gasteiger partial charge >= 0.3 is 0 Å². The van der Waals surface area contributed by atoms with Gasteiger partial charge in [0.1, 0.15) is 0 Å². The molecule has 1 aromatic carbocycles. The van der Waals surface area contributed by atoms with Crippen LogP contribution in [0.4, 0.5) is 5.69 Å². The molecule has 0 aliphatic heterocycles. The first kappa shape index (κ1) is 20.4. The summed E-state index contributed by atoms with van der Waals surface area (Å²) in [5.41, 5.74) is 6.47. The minimum atomic E-state index is -0.298. The number of benzene rings is 1. The van der Waals surface area contributed by atoms with Crippen molar-refractivity contribution in [2.75, 3.05) is 5.32 Å². The van der Waals surface area contributed by atoms with E-state index in [1.54, 1.807) is 24.3 Å². The number of rotatable bonds is 5. The Kier molecular flexibility index (Phi) is 8.12. The summed E-state index contributed by atoms with van der Waals surface area (Å²) in [5, 5.41) is 5.67. The van der Waals surface area contributed by atoms with Gasteiger partial charge in [0.05, 0.1) is 0 Å². The van der Waals surface area contributed by atoms with E-state index < -0.39 is 0 Å². The van der Waals surface area contributed by atoms with Gasteiger partial charge in [0.15, 0.2) is 0 Å². The molecule has 0 saturated carbocycles. The minimum Gasteiger partial charge on any atom is -0.347 e. The van der Waals surface area contributed by atoms with Crippen molar-refractivity contribution in [3.63, 3.8) is 0 Å². The molecule has 5 nitrogen and oxygen atoms in total. The molecule has 0 radical (unpaired) electrons. The lowest BCUT2D eigenvalue weighted by molar-refractivity contribution is -0.116. The van der Waals surface area contributed by atoms with E-state index >= 15 is 0 Å². The lowest BCUT2D eigenvalue weighted by Crippen LogP contribution is -2.40. The fourth-order valence-corrected chi connectivity index (χ4v) is 1.73. The second-order valence-corrected chi connectivity index (χ2v) is 6.35. The maximum absolute atomic E-state index is 12.1. The van der Waals surface area contributed by atoms with Crippen LogP contribution in [0.15, 0.2) is 24.3 Å². The zero-order valence-electron chi connectivity index (χ0n) is 13.6.